The SMILES string of the molecule is C[C@@H]1Cc2ccccc2N1CCC(=O)N1CCN(c2ncccn2)CC1. The van der Waals surface area contributed by atoms with Crippen LogP contribution in [-0.2, 0) is 11.2 Å². The monoisotopic (exact) mass is 351 g/mol. The van der Waals surface area contributed by atoms with E-state index in [-0.39, 0.29) is 5.91 Å². The van der Waals surface area contributed by atoms with Crippen LogP contribution in [0.3, 0.4) is 0 Å². The quantitative estimate of drug-likeness (QED) is 0.843. The molecule has 0 aliphatic carbocycles. The van der Waals surface area contributed by atoms with E-state index in [4.69, 9.17) is 0 Å². The Morgan fingerprint density at radius 3 is 2.58 bits per heavy atom. The summed E-state index contributed by atoms with van der Waals surface area (Å²) in [6, 6.07) is 10.8. The molecule has 2 aromatic rings. The van der Waals surface area contributed by atoms with Gasteiger partial charge in [-0.2, -0.15) is 0 Å². The molecule has 6 nitrogen and oxygen atoms in total. The lowest BCUT2D eigenvalue weighted by Crippen LogP contribution is -2.49. The Hall–Kier alpha value is -2.63. The highest BCUT2D eigenvalue weighted by Crippen LogP contribution is 2.31. The van der Waals surface area contributed by atoms with E-state index < -0.39 is 0 Å². The van der Waals surface area contributed by atoms with Crippen LogP contribution in [0.2, 0.25) is 0 Å². The number of benzene rings is 1. The number of aromatic nitrogens is 2. The summed E-state index contributed by atoms with van der Waals surface area (Å²) in [5.41, 5.74) is 2.68. The Bertz CT molecular complexity index is 758. The van der Waals surface area contributed by atoms with Gasteiger partial charge in [0, 0.05) is 63.3 Å². The Kier molecular flexibility index (Phi) is 4.73. The van der Waals surface area contributed by atoms with E-state index in [0.29, 0.717) is 12.5 Å². The standard InChI is InChI=1S/C20H25N5O/c1-16-15-17-5-2-3-6-18(17)25(16)10-7-19(26)23-11-13-24(14-12-23)20-21-8-4-9-22-20/h2-6,8-9,16H,7,10-15H2,1H3/t16-/m1/s1. The molecule has 1 aromatic carbocycles. The maximum Gasteiger partial charge on any atom is 0.225 e. The molecule has 1 saturated heterocycles. The number of hydrogen-bond donors (Lipinski definition) is 0. The highest BCUT2D eigenvalue weighted by Gasteiger charge is 2.27. The van der Waals surface area contributed by atoms with Crippen molar-refractivity contribution in [1.82, 2.24) is 14.9 Å². The Labute approximate surface area is 154 Å². The van der Waals surface area contributed by atoms with Crippen molar-refractivity contribution in [3.63, 3.8) is 0 Å². The molecule has 4 rings (SSSR count). The van der Waals surface area contributed by atoms with Crippen LogP contribution in [0.1, 0.15) is 18.9 Å². The lowest BCUT2D eigenvalue weighted by molar-refractivity contribution is -0.131. The number of hydrogen-bond acceptors (Lipinski definition) is 5. The van der Waals surface area contributed by atoms with Crippen LogP contribution in [0.4, 0.5) is 11.6 Å². The maximum atomic E-state index is 12.7. The van der Waals surface area contributed by atoms with E-state index in [1.165, 1.54) is 11.3 Å². The highest BCUT2D eigenvalue weighted by molar-refractivity contribution is 5.77. The molecule has 1 fully saturated rings. The van der Waals surface area contributed by atoms with Gasteiger partial charge in [-0.15, -0.1) is 0 Å². The minimum absolute atomic E-state index is 0.246. The first-order valence-corrected chi connectivity index (χ1v) is 9.36. The molecule has 6 heteroatoms. The van der Waals surface area contributed by atoms with Crippen LogP contribution in [0.15, 0.2) is 42.7 Å². The zero-order valence-electron chi connectivity index (χ0n) is 15.2. The van der Waals surface area contributed by atoms with Crippen molar-refractivity contribution in [3.05, 3.63) is 48.3 Å². The molecule has 3 heterocycles. The predicted molar refractivity (Wildman–Crippen MR) is 102 cm³/mol. The number of anilines is 2. The molecule has 0 bridgehead atoms. The molecule has 136 valence electrons. The van der Waals surface area contributed by atoms with Gasteiger partial charge in [0.1, 0.15) is 0 Å². The fourth-order valence-electron chi connectivity index (χ4n) is 3.95. The van der Waals surface area contributed by atoms with Crippen LogP contribution in [0.5, 0.6) is 0 Å². The van der Waals surface area contributed by atoms with Gasteiger partial charge in [0.05, 0.1) is 0 Å². The maximum absolute atomic E-state index is 12.7. The van der Waals surface area contributed by atoms with Crippen molar-refractivity contribution in [2.24, 2.45) is 0 Å². The van der Waals surface area contributed by atoms with Gasteiger partial charge in [0.15, 0.2) is 0 Å². The number of carbonyl (C=O) groups is 1. The number of nitrogens with zero attached hydrogens (tertiary/aromatic N) is 5. The first kappa shape index (κ1) is 16.8. The first-order valence-electron chi connectivity index (χ1n) is 9.36. The van der Waals surface area contributed by atoms with Crippen molar-refractivity contribution in [3.8, 4) is 0 Å². The number of fused-ring (bicyclic) bond motifs is 1. The van der Waals surface area contributed by atoms with E-state index >= 15 is 0 Å². The van der Waals surface area contributed by atoms with E-state index in [0.717, 1.165) is 45.1 Å². The van der Waals surface area contributed by atoms with E-state index in [1.54, 1.807) is 12.4 Å². The molecule has 2 aliphatic rings. The Balaban J connectivity index is 1.30. The largest absolute Gasteiger partial charge is 0.368 e. The van der Waals surface area contributed by atoms with Gasteiger partial charge in [0.2, 0.25) is 11.9 Å². The number of piperazine rings is 1. The number of para-hydroxylation sites is 1. The fraction of sp³-hybridized carbons (Fsp3) is 0.450. The van der Waals surface area contributed by atoms with Crippen molar-refractivity contribution >= 4 is 17.5 Å². The van der Waals surface area contributed by atoms with Crippen molar-refractivity contribution in [2.45, 2.75) is 25.8 Å². The number of rotatable bonds is 4. The zero-order chi connectivity index (χ0) is 17.9. The van der Waals surface area contributed by atoms with E-state index in [9.17, 15) is 4.79 Å². The second kappa shape index (κ2) is 7.32. The normalized spacial score (nSPS) is 19.6. The fourth-order valence-corrected chi connectivity index (χ4v) is 3.95. The molecule has 0 N–H and O–H groups in total. The minimum Gasteiger partial charge on any atom is -0.368 e. The lowest BCUT2D eigenvalue weighted by atomic mass is 10.1. The van der Waals surface area contributed by atoms with Gasteiger partial charge < -0.3 is 14.7 Å². The highest BCUT2D eigenvalue weighted by atomic mass is 16.2. The molecular weight excluding hydrogens is 326 g/mol. The summed E-state index contributed by atoms with van der Waals surface area (Å²) in [6.45, 7) is 6.09. The molecular formula is C20H25N5O. The molecule has 2 aliphatic heterocycles. The van der Waals surface area contributed by atoms with Gasteiger partial charge in [0.25, 0.3) is 0 Å². The summed E-state index contributed by atoms with van der Waals surface area (Å²) in [5, 5.41) is 0. The smallest absolute Gasteiger partial charge is 0.225 e. The van der Waals surface area contributed by atoms with Gasteiger partial charge in [-0.1, -0.05) is 18.2 Å². The van der Waals surface area contributed by atoms with E-state index in [1.807, 2.05) is 11.0 Å². The van der Waals surface area contributed by atoms with Crippen LogP contribution in [0.25, 0.3) is 0 Å². The Morgan fingerprint density at radius 1 is 1.08 bits per heavy atom. The molecule has 1 aromatic heterocycles. The summed E-state index contributed by atoms with van der Waals surface area (Å²) in [4.78, 5) is 27.8. The lowest BCUT2D eigenvalue weighted by Gasteiger charge is -2.35. The molecule has 26 heavy (non-hydrogen) atoms. The number of carbonyl (C=O) groups excluding carboxylic acids is 1. The average Bonchev–Trinajstić information content (AvgIpc) is 3.02. The Morgan fingerprint density at radius 2 is 1.81 bits per heavy atom. The van der Waals surface area contributed by atoms with Gasteiger partial charge >= 0.3 is 0 Å². The third-order valence-electron chi connectivity index (χ3n) is 5.38. The topological polar surface area (TPSA) is 52.6 Å². The minimum atomic E-state index is 0.246. The summed E-state index contributed by atoms with van der Waals surface area (Å²) >= 11 is 0. The second-order valence-electron chi connectivity index (χ2n) is 7.04. The molecule has 0 unspecified atom stereocenters. The van der Waals surface area contributed by atoms with Crippen LogP contribution < -0.4 is 9.80 Å². The van der Waals surface area contributed by atoms with Gasteiger partial charge in [-0.05, 0) is 31.0 Å². The van der Waals surface area contributed by atoms with Gasteiger partial charge in [-0.3, -0.25) is 4.79 Å². The van der Waals surface area contributed by atoms with Gasteiger partial charge in [-0.25, -0.2) is 9.97 Å². The zero-order valence-corrected chi connectivity index (χ0v) is 15.2. The van der Waals surface area contributed by atoms with Crippen molar-refractivity contribution in [2.75, 3.05) is 42.5 Å². The summed E-state index contributed by atoms with van der Waals surface area (Å²) in [7, 11) is 0. The third-order valence-corrected chi connectivity index (χ3v) is 5.38. The van der Waals surface area contributed by atoms with E-state index in [2.05, 4.69) is 51.0 Å². The van der Waals surface area contributed by atoms with Crippen LogP contribution >= 0.6 is 0 Å². The molecule has 0 spiro atoms. The molecule has 1 atom stereocenters. The summed E-state index contributed by atoms with van der Waals surface area (Å²) in [6.07, 6.45) is 5.16. The summed E-state index contributed by atoms with van der Waals surface area (Å²) in [5.74, 6) is 0.998. The van der Waals surface area contributed by atoms with Crippen LogP contribution in [-0.4, -0.2) is 59.5 Å². The second-order valence-corrected chi connectivity index (χ2v) is 7.04. The first-order chi connectivity index (χ1) is 12.7. The predicted octanol–water partition coefficient (Wildman–Crippen LogP) is 1.97. The average molecular weight is 351 g/mol. The van der Waals surface area contributed by atoms with Crippen LogP contribution in [0, 0.1) is 0 Å². The molecule has 0 saturated carbocycles. The summed E-state index contributed by atoms with van der Waals surface area (Å²) < 4.78 is 0. The third kappa shape index (κ3) is 3.36. The van der Waals surface area contributed by atoms with Crippen molar-refractivity contribution < 1.29 is 4.79 Å². The number of amides is 1. The molecule has 1 amide bonds. The molecule has 0 radical (unpaired) electrons. The van der Waals surface area contributed by atoms with Crippen molar-refractivity contribution in [1.29, 1.82) is 0 Å².